The van der Waals surface area contributed by atoms with Crippen LogP contribution in [0.3, 0.4) is 0 Å². The lowest BCUT2D eigenvalue weighted by Crippen LogP contribution is -2.71. The average Bonchev–Trinajstić information content (AvgIpc) is 0.762. The molecule has 0 radical (unpaired) electrons. The van der Waals surface area contributed by atoms with Gasteiger partial charge in [0.15, 0.2) is 6.29 Å². The molecule has 3 fully saturated rings. The first-order valence-electron chi connectivity index (χ1n) is 31.6. The number of hydrogen-bond donors (Lipinski definition) is 10. The first kappa shape index (κ1) is 75.9. The van der Waals surface area contributed by atoms with E-state index in [4.69, 9.17) is 37.9 Å². The van der Waals surface area contributed by atoms with E-state index in [1.54, 1.807) is 52.5 Å². The van der Waals surface area contributed by atoms with Gasteiger partial charge in [-0.05, 0) is 152 Å². The quantitative estimate of drug-likeness (QED) is 0.0235. The highest BCUT2D eigenvalue weighted by Gasteiger charge is 2.57. The number of carbonyl (C=O) groups excluding carboxylic acids is 5. The topological polar surface area (TPSA) is 456 Å². The van der Waals surface area contributed by atoms with Crippen molar-refractivity contribution in [2.45, 2.75) is 185 Å². The summed E-state index contributed by atoms with van der Waals surface area (Å²) in [6.45, 7) is 11.0. The lowest BCUT2D eigenvalue weighted by Gasteiger charge is -2.52. The van der Waals surface area contributed by atoms with Crippen LogP contribution in [-0.2, 0) is 62.5 Å². The molecule has 2 unspecified atom stereocenters. The van der Waals surface area contributed by atoms with Crippen molar-refractivity contribution in [2.75, 3.05) is 46.4 Å². The number of rotatable bonds is 26. The molecule has 10 N–H and O–H groups in total. The number of nitrogens with zero attached hydrogens (tertiary/aromatic N) is 5. The Kier molecular flexibility index (Phi) is 26.4. The van der Waals surface area contributed by atoms with Gasteiger partial charge >= 0.3 is 24.4 Å². The number of likely N-dealkylation sites (tertiary alicyclic amines) is 1. The normalized spacial score (nSPS) is 25.2. The largest absolute Gasteiger partial charge is 0.492 e. The Balaban J connectivity index is 1.20. The monoisotopic (exact) mass is 1370 g/mol. The second kappa shape index (κ2) is 33.7. The Morgan fingerprint density at radius 3 is 1.81 bits per heavy atom. The van der Waals surface area contributed by atoms with Gasteiger partial charge in [-0.15, -0.1) is 0 Å². The molecular weight excluding hydrogens is 1280 g/mol. The number of aliphatic hydroxyl groups excluding tert-OH is 4. The first-order valence-corrected chi connectivity index (χ1v) is 31.6. The number of non-ortho nitro benzene ring substituents is 3. The van der Waals surface area contributed by atoms with E-state index in [0.29, 0.717) is 54.9 Å². The minimum atomic E-state index is -1.98. The molecule has 7 rings (SSSR count). The summed E-state index contributed by atoms with van der Waals surface area (Å²) in [5.41, 5.74) is -3.10. The van der Waals surface area contributed by atoms with Gasteiger partial charge in [0, 0.05) is 75.0 Å². The van der Waals surface area contributed by atoms with Gasteiger partial charge in [0.2, 0.25) is 12.3 Å². The zero-order valence-electron chi connectivity index (χ0n) is 55.1. The summed E-state index contributed by atoms with van der Waals surface area (Å²) in [5.74, 6) is -2.10. The van der Waals surface area contributed by atoms with Gasteiger partial charge in [0.1, 0.15) is 60.2 Å². The summed E-state index contributed by atoms with van der Waals surface area (Å²) < 4.78 is 47.2. The Morgan fingerprint density at radius 1 is 0.742 bits per heavy atom. The van der Waals surface area contributed by atoms with Gasteiger partial charge in [0.05, 0.1) is 58.8 Å². The van der Waals surface area contributed by atoms with Crippen molar-refractivity contribution in [3.8, 4) is 0 Å². The number of amides is 5. The zero-order chi connectivity index (χ0) is 71.1. The fourth-order valence-corrected chi connectivity index (χ4v) is 11.7. The lowest BCUT2D eigenvalue weighted by molar-refractivity contribution is -0.385. The van der Waals surface area contributed by atoms with Crippen molar-refractivity contribution >= 4 is 47.3 Å². The highest BCUT2D eigenvalue weighted by atomic mass is 16.7. The van der Waals surface area contributed by atoms with E-state index in [-0.39, 0.29) is 55.7 Å². The van der Waals surface area contributed by atoms with E-state index >= 15 is 0 Å². The van der Waals surface area contributed by atoms with Gasteiger partial charge in [-0.25, -0.2) is 19.2 Å². The van der Waals surface area contributed by atoms with Crippen LogP contribution in [0.2, 0.25) is 0 Å². The SMILES string of the molecule is CN(C(=O)OC(C)(C)C)[C@@H]1[C@@H](O)[C@@H](O[C@H]2[C@H](NC(=O)[C@H](O)CCNC(=O)OCc3ccc([N+](=O)[O-])cc3)C[C@H](NC(=O)OCc3ccc([N+](=O)[O-])cc3)C([C@H]3OC(CNCC4CCN(C(=O)OC(C)(C)C)CC4)=CC[C@H]3NC(O)OCc3ccc([N+](=O)[O-])cc3)[C@@H]2O)OC[C@]1(C)O. The molecule has 34 nitrogen and oxygen atoms in total. The van der Waals surface area contributed by atoms with Gasteiger partial charge in [0.25, 0.3) is 17.1 Å². The Labute approximate surface area is 558 Å². The van der Waals surface area contributed by atoms with E-state index < -0.39 is 161 Å². The molecule has 3 aromatic rings. The molecule has 34 heteroatoms. The molecule has 3 heterocycles. The second-order valence-corrected chi connectivity index (χ2v) is 26.5. The molecule has 3 aliphatic heterocycles. The second-order valence-electron chi connectivity index (χ2n) is 26.5. The van der Waals surface area contributed by atoms with E-state index in [2.05, 4.69) is 26.6 Å². The number of alkyl carbamates (subject to hydrolysis) is 2. The van der Waals surface area contributed by atoms with Crippen LogP contribution in [-0.4, -0.2) is 211 Å². The third kappa shape index (κ3) is 22.3. The maximum Gasteiger partial charge on any atom is 0.410 e. The fourth-order valence-electron chi connectivity index (χ4n) is 11.7. The number of likely N-dealkylation sites (N-methyl/N-ethyl adjacent to an activating group) is 1. The molecule has 534 valence electrons. The predicted octanol–water partition coefficient (Wildman–Crippen LogP) is 4.00. The van der Waals surface area contributed by atoms with Gasteiger partial charge in [-0.3, -0.25) is 40.5 Å². The third-order valence-electron chi connectivity index (χ3n) is 16.5. The van der Waals surface area contributed by atoms with Crippen molar-refractivity contribution < 1.29 is 102 Å². The predicted molar refractivity (Wildman–Crippen MR) is 339 cm³/mol. The Bertz CT molecular complexity index is 3210. The third-order valence-corrected chi connectivity index (χ3v) is 16.5. The van der Waals surface area contributed by atoms with Crippen LogP contribution in [0, 0.1) is 42.2 Å². The van der Waals surface area contributed by atoms with E-state index in [9.17, 15) is 79.8 Å². The standard InChI is InChI=1S/C63H88N10O24/c1-61(2,3)96-59(81)69(8)53-50(76)55(93-35-63(53,7)83)95-52-46(66-54(77)47(74)23-26-65-56(78)90-32-37-9-15-40(16-10-37)71(84)85)29-45(68-58(80)92-34-39-13-19-42(20-14-39)73(88)89)48(49(52)75)51-44(67-57(79)91-33-38-11-17-41(18-12-38)72(86)87)22-21-43(94-51)31-64-30-36-24-27-70(28-25-36)60(82)97-62(4,5)6/h9-21,36,44-53,55,57,64,67,74-76,79,83H,22-35H2,1-8H3,(H,65,78)(H,66,77)(H,68,80)/t44-,45+,46-,47-,48?,49+,50-,51+,52+,53-,55-,57?,63+/m1/s1. The molecule has 97 heavy (non-hydrogen) atoms. The molecule has 2 saturated heterocycles. The smallest absolute Gasteiger partial charge is 0.410 e. The number of nitrogens with one attached hydrogen (secondary N) is 5. The van der Waals surface area contributed by atoms with Crippen LogP contribution in [0.4, 0.5) is 36.2 Å². The molecule has 13 atom stereocenters. The van der Waals surface area contributed by atoms with Crippen molar-refractivity contribution in [1.29, 1.82) is 0 Å². The summed E-state index contributed by atoms with van der Waals surface area (Å²) in [4.78, 5) is 102. The number of ether oxygens (including phenoxy) is 8. The molecular formula is C63H88N10O24. The molecule has 1 aliphatic carbocycles. The van der Waals surface area contributed by atoms with Crippen molar-refractivity contribution in [1.82, 2.24) is 36.4 Å². The zero-order valence-corrected chi connectivity index (χ0v) is 55.1. The highest BCUT2D eigenvalue weighted by molar-refractivity contribution is 5.81. The number of benzene rings is 3. The van der Waals surface area contributed by atoms with E-state index in [0.717, 1.165) is 4.90 Å². The Hall–Kier alpha value is -8.45. The minimum absolute atomic E-state index is 0.0309. The summed E-state index contributed by atoms with van der Waals surface area (Å²) >= 11 is 0. The molecule has 4 aliphatic rings. The van der Waals surface area contributed by atoms with Crippen LogP contribution in [0.25, 0.3) is 0 Å². The number of aliphatic hydroxyl groups is 5. The number of piperidine rings is 1. The number of nitro groups is 3. The maximum absolute atomic E-state index is 14.3. The number of carbonyl (C=O) groups is 5. The van der Waals surface area contributed by atoms with Gasteiger partial charge < -0.3 is 94.5 Å². The van der Waals surface area contributed by atoms with E-state index in [1.807, 2.05) is 0 Å². The van der Waals surface area contributed by atoms with E-state index in [1.165, 1.54) is 86.8 Å². The molecule has 0 spiro atoms. The van der Waals surface area contributed by atoms with Crippen LogP contribution in [0.1, 0.15) is 97.3 Å². The lowest BCUT2D eigenvalue weighted by atomic mass is 9.72. The summed E-state index contributed by atoms with van der Waals surface area (Å²) in [6.07, 6.45) is -13.9. The summed E-state index contributed by atoms with van der Waals surface area (Å²) in [7, 11) is 1.27. The van der Waals surface area contributed by atoms with Crippen molar-refractivity contribution in [3.63, 3.8) is 0 Å². The van der Waals surface area contributed by atoms with Crippen LogP contribution < -0.4 is 26.6 Å². The van der Waals surface area contributed by atoms with Crippen molar-refractivity contribution in [3.05, 3.63) is 132 Å². The fraction of sp³-hybridized carbons (Fsp3) is 0.603. The average molecular weight is 1370 g/mol. The maximum atomic E-state index is 14.3. The molecule has 3 aromatic carbocycles. The van der Waals surface area contributed by atoms with Crippen LogP contribution in [0.5, 0.6) is 0 Å². The van der Waals surface area contributed by atoms with Crippen LogP contribution in [0.15, 0.2) is 84.6 Å². The number of hydrogen-bond acceptors (Lipinski definition) is 26. The minimum Gasteiger partial charge on any atom is -0.492 e. The van der Waals surface area contributed by atoms with Gasteiger partial charge in [-0.2, -0.15) is 0 Å². The van der Waals surface area contributed by atoms with Gasteiger partial charge in [-0.1, -0.05) is 0 Å². The molecule has 5 amide bonds. The highest BCUT2D eigenvalue weighted by Crippen LogP contribution is 2.39. The molecule has 0 aromatic heterocycles. The van der Waals surface area contributed by atoms with Crippen molar-refractivity contribution in [2.24, 2.45) is 11.8 Å². The molecule has 1 saturated carbocycles. The first-order chi connectivity index (χ1) is 45.6. The van der Waals surface area contributed by atoms with Crippen LogP contribution >= 0.6 is 0 Å². The molecule has 0 bridgehead atoms. The number of nitro benzene ring substituents is 3. The summed E-state index contributed by atoms with van der Waals surface area (Å²) in [6, 6.07) is 10.3. The Morgan fingerprint density at radius 2 is 1.28 bits per heavy atom. The summed E-state index contributed by atoms with van der Waals surface area (Å²) in [5, 5.41) is 108.